The Morgan fingerprint density at radius 3 is 2.59 bits per heavy atom. The third-order valence-electron chi connectivity index (χ3n) is 2.43. The first kappa shape index (κ1) is 11.7. The molecule has 2 heterocycles. The van der Waals surface area contributed by atoms with E-state index >= 15 is 0 Å². The lowest BCUT2D eigenvalue weighted by Crippen LogP contribution is -2.16. The van der Waals surface area contributed by atoms with Gasteiger partial charge in [0.1, 0.15) is 5.69 Å². The van der Waals surface area contributed by atoms with E-state index in [4.69, 9.17) is 0 Å². The van der Waals surface area contributed by atoms with Crippen molar-refractivity contribution < 1.29 is 4.79 Å². The molecular formula is C11H13N3O2S. The number of aryl methyl sites for hydroxylation is 3. The van der Waals surface area contributed by atoms with Crippen molar-refractivity contribution in [2.75, 3.05) is 5.32 Å². The Morgan fingerprint density at radius 1 is 1.41 bits per heavy atom. The second kappa shape index (κ2) is 4.21. The number of rotatable bonds is 2. The molecule has 0 aliphatic heterocycles. The summed E-state index contributed by atoms with van der Waals surface area (Å²) in [5.41, 5.74) is 0.834. The molecule has 5 nitrogen and oxygen atoms in total. The van der Waals surface area contributed by atoms with Crippen LogP contribution in [0, 0.1) is 13.8 Å². The molecule has 0 aliphatic carbocycles. The van der Waals surface area contributed by atoms with Crippen LogP contribution >= 0.6 is 11.3 Å². The average Bonchev–Trinajstić information content (AvgIpc) is 2.70. The minimum absolute atomic E-state index is 0.282. The van der Waals surface area contributed by atoms with Crippen LogP contribution in [-0.4, -0.2) is 15.7 Å². The summed E-state index contributed by atoms with van der Waals surface area (Å²) in [6, 6.07) is 3.20. The third-order valence-corrected chi connectivity index (χ3v) is 3.39. The number of thiophene rings is 1. The van der Waals surface area contributed by atoms with Crippen molar-refractivity contribution in [2.24, 2.45) is 7.05 Å². The fourth-order valence-corrected chi connectivity index (χ4v) is 2.52. The minimum Gasteiger partial charge on any atom is -0.320 e. The summed E-state index contributed by atoms with van der Waals surface area (Å²) >= 11 is 1.62. The zero-order chi connectivity index (χ0) is 12.6. The molecule has 6 heteroatoms. The van der Waals surface area contributed by atoms with Gasteiger partial charge in [0, 0.05) is 22.9 Å². The van der Waals surface area contributed by atoms with Crippen molar-refractivity contribution in [1.82, 2.24) is 9.78 Å². The number of aromatic amines is 1. The van der Waals surface area contributed by atoms with Gasteiger partial charge in [-0.1, -0.05) is 0 Å². The lowest BCUT2D eigenvalue weighted by atomic mass is 10.3. The number of nitrogens with zero attached hydrogens (tertiary/aromatic N) is 1. The maximum Gasteiger partial charge on any atom is 0.274 e. The first-order valence-corrected chi connectivity index (χ1v) is 5.93. The molecule has 2 aromatic heterocycles. The number of hydrogen-bond donors (Lipinski definition) is 2. The normalized spacial score (nSPS) is 10.5. The van der Waals surface area contributed by atoms with Crippen LogP contribution < -0.4 is 10.9 Å². The highest BCUT2D eigenvalue weighted by Crippen LogP contribution is 2.25. The van der Waals surface area contributed by atoms with Crippen LogP contribution in [0.2, 0.25) is 0 Å². The van der Waals surface area contributed by atoms with E-state index in [1.807, 2.05) is 19.9 Å². The lowest BCUT2D eigenvalue weighted by Gasteiger charge is -2.04. The standard InChI is InChI=1S/C11H13N3O2S/c1-6-4-8(7(2)17-6)12-11(16)9-5-10(15)13-14(9)3/h4-5H,1-3H3,(H,12,16)(H,13,15). The predicted molar refractivity (Wildman–Crippen MR) is 67.8 cm³/mol. The molecule has 0 bridgehead atoms. The number of hydrogen-bond acceptors (Lipinski definition) is 3. The summed E-state index contributed by atoms with van der Waals surface area (Å²) < 4.78 is 1.41. The van der Waals surface area contributed by atoms with Gasteiger partial charge in [-0.15, -0.1) is 11.3 Å². The molecule has 2 N–H and O–H groups in total. The number of H-pyrrole nitrogens is 1. The van der Waals surface area contributed by atoms with E-state index in [0.717, 1.165) is 15.4 Å². The summed E-state index contributed by atoms with van der Waals surface area (Å²) in [6.07, 6.45) is 0. The molecule has 90 valence electrons. The topological polar surface area (TPSA) is 66.9 Å². The van der Waals surface area contributed by atoms with E-state index in [-0.39, 0.29) is 11.5 Å². The van der Waals surface area contributed by atoms with Crippen LogP contribution in [0.4, 0.5) is 5.69 Å². The molecule has 0 aliphatic rings. The van der Waals surface area contributed by atoms with Crippen molar-refractivity contribution in [3.05, 3.63) is 37.9 Å². The largest absolute Gasteiger partial charge is 0.320 e. The minimum atomic E-state index is -0.285. The Bertz CT molecular complexity index is 621. The van der Waals surface area contributed by atoms with Gasteiger partial charge in [-0.2, -0.15) is 0 Å². The number of carbonyl (C=O) groups excluding carboxylic acids is 1. The van der Waals surface area contributed by atoms with E-state index < -0.39 is 0 Å². The molecule has 0 aromatic carbocycles. The summed E-state index contributed by atoms with van der Waals surface area (Å²) in [5.74, 6) is -0.285. The Labute approximate surface area is 102 Å². The van der Waals surface area contributed by atoms with E-state index in [2.05, 4.69) is 10.4 Å². The highest BCUT2D eigenvalue weighted by atomic mass is 32.1. The molecule has 2 aromatic rings. The Hall–Kier alpha value is -1.82. The second-order valence-electron chi connectivity index (χ2n) is 3.85. The molecular weight excluding hydrogens is 238 g/mol. The molecule has 17 heavy (non-hydrogen) atoms. The van der Waals surface area contributed by atoms with Gasteiger partial charge in [0.25, 0.3) is 11.5 Å². The van der Waals surface area contributed by atoms with Crippen LogP contribution in [0.25, 0.3) is 0 Å². The number of carbonyl (C=O) groups is 1. The van der Waals surface area contributed by atoms with Gasteiger partial charge in [0.2, 0.25) is 0 Å². The number of amides is 1. The monoisotopic (exact) mass is 251 g/mol. The molecule has 0 unspecified atom stereocenters. The van der Waals surface area contributed by atoms with Gasteiger partial charge in [-0.05, 0) is 19.9 Å². The number of nitrogens with one attached hydrogen (secondary N) is 2. The van der Waals surface area contributed by atoms with Gasteiger partial charge >= 0.3 is 0 Å². The van der Waals surface area contributed by atoms with Crippen LogP contribution in [-0.2, 0) is 7.05 Å². The summed E-state index contributed by atoms with van der Waals surface area (Å²) in [4.78, 5) is 25.2. The van der Waals surface area contributed by atoms with Crippen molar-refractivity contribution >= 4 is 22.9 Å². The van der Waals surface area contributed by atoms with Crippen LogP contribution in [0.5, 0.6) is 0 Å². The predicted octanol–water partition coefficient (Wildman–Crippen LogP) is 1.64. The molecule has 0 spiro atoms. The fraction of sp³-hybridized carbons (Fsp3) is 0.273. The van der Waals surface area contributed by atoms with Crippen LogP contribution in [0.3, 0.4) is 0 Å². The summed E-state index contributed by atoms with van der Waals surface area (Å²) in [7, 11) is 1.63. The molecule has 0 saturated carbocycles. The van der Waals surface area contributed by atoms with Gasteiger partial charge in [-0.25, -0.2) is 0 Å². The number of aromatic nitrogens is 2. The van der Waals surface area contributed by atoms with Gasteiger partial charge in [0.05, 0.1) is 5.69 Å². The molecule has 0 radical (unpaired) electrons. The molecule has 0 saturated heterocycles. The van der Waals surface area contributed by atoms with Crippen LogP contribution in [0.1, 0.15) is 20.2 Å². The van der Waals surface area contributed by atoms with Gasteiger partial charge in [0.15, 0.2) is 0 Å². The first-order chi connectivity index (χ1) is 7.97. The van der Waals surface area contributed by atoms with E-state index in [9.17, 15) is 9.59 Å². The van der Waals surface area contributed by atoms with Crippen molar-refractivity contribution in [2.45, 2.75) is 13.8 Å². The summed E-state index contributed by atoms with van der Waals surface area (Å²) in [6.45, 7) is 3.93. The summed E-state index contributed by atoms with van der Waals surface area (Å²) in [5, 5.41) is 5.29. The van der Waals surface area contributed by atoms with Crippen LogP contribution in [0.15, 0.2) is 16.9 Å². The van der Waals surface area contributed by atoms with Gasteiger partial charge < -0.3 is 5.32 Å². The molecule has 0 fully saturated rings. The average molecular weight is 251 g/mol. The fourth-order valence-electron chi connectivity index (χ4n) is 1.64. The molecule has 2 rings (SSSR count). The molecule has 1 amide bonds. The van der Waals surface area contributed by atoms with Crippen molar-refractivity contribution in [1.29, 1.82) is 0 Å². The van der Waals surface area contributed by atoms with E-state index in [1.54, 1.807) is 18.4 Å². The zero-order valence-corrected chi connectivity index (χ0v) is 10.6. The first-order valence-electron chi connectivity index (χ1n) is 5.12. The van der Waals surface area contributed by atoms with E-state index in [1.165, 1.54) is 10.7 Å². The highest BCUT2D eigenvalue weighted by molar-refractivity contribution is 7.12. The Balaban J connectivity index is 2.25. The highest BCUT2D eigenvalue weighted by Gasteiger charge is 2.13. The maximum absolute atomic E-state index is 11.9. The van der Waals surface area contributed by atoms with Crippen molar-refractivity contribution in [3.8, 4) is 0 Å². The van der Waals surface area contributed by atoms with Gasteiger partial charge in [-0.3, -0.25) is 19.4 Å². The Kier molecular flexibility index (Phi) is 2.89. The van der Waals surface area contributed by atoms with Crippen molar-refractivity contribution in [3.63, 3.8) is 0 Å². The van der Waals surface area contributed by atoms with E-state index in [0.29, 0.717) is 5.69 Å². The third kappa shape index (κ3) is 2.31. The Morgan fingerprint density at radius 2 is 2.12 bits per heavy atom. The molecule has 0 atom stereocenters. The zero-order valence-electron chi connectivity index (χ0n) is 9.83. The second-order valence-corrected chi connectivity index (χ2v) is 5.31. The SMILES string of the molecule is Cc1cc(NC(=O)c2cc(=O)[nH]n2C)c(C)s1. The number of anilines is 1. The lowest BCUT2D eigenvalue weighted by molar-refractivity contribution is 0.101. The smallest absolute Gasteiger partial charge is 0.274 e. The maximum atomic E-state index is 11.9. The quantitative estimate of drug-likeness (QED) is 0.852.